The molecule has 20 heavy (non-hydrogen) atoms. The largest absolute Gasteiger partial charge is 0.381 e. The van der Waals surface area contributed by atoms with E-state index in [1.165, 1.54) is 0 Å². The molecule has 0 bridgehead atoms. The van der Waals surface area contributed by atoms with Crippen molar-refractivity contribution in [2.24, 2.45) is 0 Å². The highest BCUT2D eigenvalue weighted by atomic mass is 16.5. The average Bonchev–Trinajstić information content (AvgIpc) is 3.19. The van der Waals surface area contributed by atoms with Crippen LogP contribution in [0.1, 0.15) is 34.1 Å². The van der Waals surface area contributed by atoms with E-state index in [0.717, 1.165) is 30.8 Å². The minimum absolute atomic E-state index is 0.0767. The van der Waals surface area contributed by atoms with E-state index < -0.39 is 0 Å². The maximum atomic E-state index is 12.2. The van der Waals surface area contributed by atoms with Crippen molar-refractivity contribution in [1.82, 2.24) is 20.5 Å². The number of rotatable bonds is 5. The molecule has 6 heteroatoms. The van der Waals surface area contributed by atoms with Crippen LogP contribution >= 0.6 is 0 Å². The molecule has 1 saturated heterocycles. The van der Waals surface area contributed by atoms with Crippen molar-refractivity contribution in [2.45, 2.75) is 18.8 Å². The van der Waals surface area contributed by atoms with Crippen LogP contribution in [0.3, 0.4) is 0 Å². The highest BCUT2D eigenvalue weighted by molar-refractivity contribution is 5.95. The van der Waals surface area contributed by atoms with Gasteiger partial charge in [0.25, 0.3) is 5.91 Å². The van der Waals surface area contributed by atoms with E-state index in [9.17, 15) is 4.79 Å². The zero-order valence-corrected chi connectivity index (χ0v) is 11.2. The lowest BCUT2D eigenvalue weighted by Crippen LogP contribution is -2.26. The summed E-state index contributed by atoms with van der Waals surface area (Å²) >= 11 is 0. The second-order valence-corrected chi connectivity index (χ2v) is 4.96. The van der Waals surface area contributed by atoms with Gasteiger partial charge in [-0.15, -0.1) is 0 Å². The topological polar surface area (TPSA) is 82.8 Å². The summed E-state index contributed by atoms with van der Waals surface area (Å²) in [4.78, 5) is 15.3. The molecule has 0 radical (unpaired) electrons. The lowest BCUT2D eigenvalue weighted by molar-refractivity contribution is 0.0952. The smallest absolute Gasteiger partial charge is 0.254 e. The molecule has 106 valence electrons. The fourth-order valence-electron chi connectivity index (χ4n) is 2.48. The number of H-pyrrole nitrogens is 2. The van der Waals surface area contributed by atoms with Crippen LogP contribution in [0, 0.1) is 0 Å². The molecule has 0 unspecified atom stereocenters. The van der Waals surface area contributed by atoms with E-state index in [1.807, 2.05) is 18.3 Å². The van der Waals surface area contributed by atoms with E-state index in [4.69, 9.17) is 4.74 Å². The molecule has 0 spiro atoms. The van der Waals surface area contributed by atoms with Gasteiger partial charge >= 0.3 is 0 Å². The predicted octanol–water partition coefficient (Wildman–Crippen LogP) is 1.21. The minimum atomic E-state index is -0.0767. The Morgan fingerprint density at radius 3 is 3.25 bits per heavy atom. The quantitative estimate of drug-likeness (QED) is 0.766. The van der Waals surface area contributed by atoms with Crippen LogP contribution in [0.5, 0.6) is 0 Å². The SMILES string of the molecule is O=C(NCCc1ccc[nH]1)c1cn[nH]c1[C@H]1CCOC1. The van der Waals surface area contributed by atoms with Gasteiger partial charge in [0.15, 0.2) is 0 Å². The third kappa shape index (κ3) is 2.75. The van der Waals surface area contributed by atoms with Crippen LogP contribution in [-0.2, 0) is 11.2 Å². The summed E-state index contributed by atoms with van der Waals surface area (Å²) in [5.74, 6) is 0.175. The number of nitrogens with zero attached hydrogens (tertiary/aromatic N) is 1. The molecule has 3 heterocycles. The second-order valence-electron chi connectivity index (χ2n) is 4.96. The number of nitrogens with one attached hydrogen (secondary N) is 3. The zero-order chi connectivity index (χ0) is 13.8. The molecule has 0 aliphatic carbocycles. The van der Waals surface area contributed by atoms with Gasteiger partial charge in [-0.2, -0.15) is 5.10 Å². The predicted molar refractivity (Wildman–Crippen MR) is 73.6 cm³/mol. The molecule has 0 aromatic carbocycles. The maximum Gasteiger partial charge on any atom is 0.254 e. The third-order valence-electron chi connectivity index (χ3n) is 3.59. The van der Waals surface area contributed by atoms with E-state index >= 15 is 0 Å². The standard InChI is InChI=1S/C14H18N4O2/c19-14(16-6-3-11-2-1-5-15-11)12-8-17-18-13(12)10-4-7-20-9-10/h1-2,5,8,10,15H,3-4,6-7,9H2,(H,16,19)(H,17,18)/t10-/m0/s1. The number of ether oxygens (including phenoxy) is 1. The first-order valence-corrected chi connectivity index (χ1v) is 6.86. The third-order valence-corrected chi connectivity index (χ3v) is 3.59. The summed E-state index contributed by atoms with van der Waals surface area (Å²) in [7, 11) is 0. The Hall–Kier alpha value is -2.08. The van der Waals surface area contributed by atoms with Crippen molar-refractivity contribution >= 4 is 5.91 Å². The molecule has 1 atom stereocenters. The summed E-state index contributed by atoms with van der Waals surface area (Å²) in [5.41, 5.74) is 2.63. The molecule has 2 aromatic rings. The summed E-state index contributed by atoms with van der Waals surface area (Å²) in [6, 6.07) is 3.96. The molecular formula is C14H18N4O2. The number of hydrogen-bond donors (Lipinski definition) is 3. The van der Waals surface area contributed by atoms with Crippen LogP contribution < -0.4 is 5.32 Å². The molecule has 2 aromatic heterocycles. The molecule has 0 saturated carbocycles. The van der Waals surface area contributed by atoms with Crippen LogP contribution in [0.2, 0.25) is 0 Å². The lowest BCUT2D eigenvalue weighted by Gasteiger charge is -2.08. The van der Waals surface area contributed by atoms with E-state index in [-0.39, 0.29) is 11.8 Å². The Balaban J connectivity index is 1.58. The first kappa shape index (κ1) is 12.9. The zero-order valence-electron chi connectivity index (χ0n) is 11.2. The first-order chi connectivity index (χ1) is 9.84. The highest BCUT2D eigenvalue weighted by Gasteiger charge is 2.24. The van der Waals surface area contributed by atoms with Gasteiger partial charge in [0.2, 0.25) is 0 Å². The number of carbonyl (C=O) groups excluding carboxylic acids is 1. The number of aromatic nitrogens is 3. The lowest BCUT2D eigenvalue weighted by atomic mass is 10.0. The number of carbonyl (C=O) groups is 1. The van der Waals surface area contributed by atoms with E-state index in [1.54, 1.807) is 6.20 Å². The van der Waals surface area contributed by atoms with Crippen molar-refractivity contribution in [2.75, 3.05) is 19.8 Å². The molecule has 3 rings (SSSR count). The number of aromatic amines is 2. The molecular weight excluding hydrogens is 256 g/mol. The molecule has 1 fully saturated rings. The van der Waals surface area contributed by atoms with Crippen LogP contribution in [0.25, 0.3) is 0 Å². The van der Waals surface area contributed by atoms with Crippen molar-refractivity contribution in [3.63, 3.8) is 0 Å². The monoisotopic (exact) mass is 274 g/mol. The molecule has 6 nitrogen and oxygen atoms in total. The molecule has 1 aliphatic heterocycles. The molecule has 3 N–H and O–H groups in total. The van der Waals surface area contributed by atoms with Crippen molar-refractivity contribution in [1.29, 1.82) is 0 Å². The summed E-state index contributed by atoms with van der Waals surface area (Å²) in [6.07, 6.45) is 5.20. The minimum Gasteiger partial charge on any atom is -0.381 e. The van der Waals surface area contributed by atoms with E-state index in [0.29, 0.717) is 18.7 Å². The van der Waals surface area contributed by atoms with Gasteiger partial charge in [-0.25, -0.2) is 0 Å². The summed E-state index contributed by atoms with van der Waals surface area (Å²) in [6.45, 7) is 2.01. The number of amides is 1. The van der Waals surface area contributed by atoms with E-state index in [2.05, 4.69) is 20.5 Å². The van der Waals surface area contributed by atoms with Gasteiger partial charge in [-0.3, -0.25) is 9.89 Å². The Kier molecular flexibility index (Phi) is 3.83. The fourth-order valence-corrected chi connectivity index (χ4v) is 2.48. The van der Waals surface area contributed by atoms with Crippen molar-refractivity contribution in [3.05, 3.63) is 41.5 Å². The molecule has 1 amide bonds. The second kappa shape index (κ2) is 5.92. The van der Waals surface area contributed by atoms with Gasteiger partial charge in [-0.05, 0) is 18.6 Å². The van der Waals surface area contributed by atoms with Gasteiger partial charge in [0.05, 0.1) is 24.1 Å². The van der Waals surface area contributed by atoms with Crippen molar-refractivity contribution in [3.8, 4) is 0 Å². The Morgan fingerprint density at radius 2 is 2.50 bits per heavy atom. The maximum absolute atomic E-state index is 12.2. The molecule has 1 aliphatic rings. The Bertz CT molecular complexity index is 556. The van der Waals surface area contributed by atoms with Gasteiger partial charge in [-0.1, -0.05) is 0 Å². The van der Waals surface area contributed by atoms with Crippen molar-refractivity contribution < 1.29 is 9.53 Å². The number of hydrogen-bond acceptors (Lipinski definition) is 3. The fraction of sp³-hybridized carbons (Fsp3) is 0.429. The first-order valence-electron chi connectivity index (χ1n) is 6.86. The summed E-state index contributed by atoms with van der Waals surface area (Å²) in [5, 5.41) is 9.86. The highest BCUT2D eigenvalue weighted by Crippen LogP contribution is 2.25. The Labute approximate surface area is 116 Å². The normalized spacial score (nSPS) is 18.3. The van der Waals surface area contributed by atoms with Crippen LogP contribution in [0.4, 0.5) is 0 Å². The Morgan fingerprint density at radius 1 is 1.55 bits per heavy atom. The summed E-state index contributed by atoms with van der Waals surface area (Å²) < 4.78 is 5.36. The van der Waals surface area contributed by atoms with Gasteiger partial charge < -0.3 is 15.0 Å². The van der Waals surface area contributed by atoms with Crippen LogP contribution in [-0.4, -0.2) is 40.8 Å². The van der Waals surface area contributed by atoms with Gasteiger partial charge in [0.1, 0.15) is 0 Å². The van der Waals surface area contributed by atoms with Crippen LogP contribution in [0.15, 0.2) is 24.5 Å². The average molecular weight is 274 g/mol. The van der Waals surface area contributed by atoms with Gasteiger partial charge in [0, 0.05) is 37.4 Å².